The second kappa shape index (κ2) is 5.25. The van der Waals surface area contributed by atoms with Gasteiger partial charge in [0, 0.05) is 37.8 Å². The maximum atomic E-state index is 3.72. The van der Waals surface area contributed by atoms with Gasteiger partial charge in [0.1, 0.15) is 0 Å². The van der Waals surface area contributed by atoms with E-state index >= 15 is 0 Å². The van der Waals surface area contributed by atoms with Crippen molar-refractivity contribution in [2.24, 2.45) is 5.41 Å². The number of nitrogens with zero attached hydrogens (tertiary/aromatic N) is 2. The fourth-order valence-electron chi connectivity index (χ4n) is 2.46. The first-order valence-corrected chi connectivity index (χ1v) is 6.73. The van der Waals surface area contributed by atoms with E-state index in [-0.39, 0.29) is 5.54 Å². The Morgan fingerprint density at radius 1 is 1.29 bits per heavy atom. The van der Waals surface area contributed by atoms with Gasteiger partial charge in [-0.25, -0.2) is 0 Å². The Balaban J connectivity index is 2.75. The van der Waals surface area contributed by atoms with E-state index < -0.39 is 0 Å². The molecule has 0 amide bonds. The van der Waals surface area contributed by atoms with Gasteiger partial charge in [0.25, 0.3) is 0 Å². The molecule has 1 aliphatic rings. The predicted octanol–water partition coefficient (Wildman–Crippen LogP) is 1.65. The SMILES string of the molecule is CN(C)CC1CN(C(C)(C)C)CC(C)(C)CN1. The third kappa shape index (κ3) is 4.94. The fraction of sp³-hybridized carbons (Fsp3) is 1.00. The van der Waals surface area contributed by atoms with Crippen molar-refractivity contribution in [1.29, 1.82) is 0 Å². The van der Waals surface area contributed by atoms with Gasteiger partial charge in [-0.2, -0.15) is 0 Å². The van der Waals surface area contributed by atoms with E-state index in [9.17, 15) is 0 Å². The van der Waals surface area contributed by atoms with Crippen molar-refractivity contribution in [1.82, 2.24) is 15.1 Å². The quantitative estimate of drug-likeness (QED) is 0.793. The summed E-state index contributed by atoms with van der Waals surface area (Å²) in [6, 6.07) is 0.575. The molecule has 1 aliphatic heterocycles. The van der Waals surface area contributed by atoms with Gasteiger partial charge in [-0.15, -0.1) is 0 Å². The molecule has 17 heavy (non-hydrogen) atoms. The monoisotopic (exact) mass is 241 g/mol. The van der Waals surface area contributed by atoms with E-state index in [2.05, 4.69) is 63.8 Å². The summed E-state index contributed by atoms with van der Waals surface area (Å²) in [5.74, 6) is 0. The average Bonchev–Trinajstić information content (AvgIpc) is 2.23. The molecule has 1 N–H and O–H groups in total. The van der Waals surface area contributed by atoms with E-state index in [1.54, 1.807) is 0 Å². The number of hydrogen-bond acceptors (Lipinski definition) is 3. The molecule has 0 bridgehead atoms. The Bertz CT molecular complexity index is 240. The van der Waals surface area contributed by atoms with Crippen molar-refractivity contribution in [3.63, 3.8) is 0 Å². The maximum Gasteiger partial charge on any atom is 0.0322 e. The molecule has 1 saturated heterocycles. The molecule has 0 saturated carbocycles. The van der Waals surface area contributed by atoms with Crippen LogP contribution in [0.3, 0.4) is 0 Å². The molecule has 0 spiro atoms. The molecule has 1 rings (SSSR count). The summed E-state index contributed by atoms with van der Waals surface area (Å²) in [7, 11) is 4.30. The molecule has 0 aromatic carbocycles. The zero-order chi connectivity index (χ0) is 13.3. The number of hydrogen-bond donors (Lipinski definition) is 1. The minimum Gasteiger partial charge on any atom is -0.311 e. The van der Waals surface area contributed by atoms with Crippen molar-refractivity contribution in [3.05, 3.63) is 0 Å². The molecular weight excluding hydrogens is 210 g/mol. The van der Waals surface area contributed by atoms with Crippen LogP contribution in [0.5, 0.6) is 0 Å². The number of rotatable bonds is 2. The van der Waals surface area contributed by atoms with Crippen LogP contribution in [0.2, 0.25) is 0 Å². The van der Waals surface area contributed by atoms with Gasteiger partial charge in [-0.05, 0) is 40.3 Å². The highest BCUT2D eigenvalue weighted by molar-refractivity contribution is 4.91. The van der Waals surface area contributed by atoms with Gasteiger partial charge in [0.15, 0.2) is 0 Å². The normalized spacial score (nSPS) is 27.2. The van der Waals surface area contributed by atoms with Gasteiger partial charge in [0.2, 0.25) is 0 Å². The Labute approximate surface area is 108 Å². The standard InChI is InChI=1S/C14H31N3/c1-13(2,3)17-9-12(8-16(6)7)15-10-14(4,5)11-17/h12,15H,8-11H2,1-7H3. The molecule has 1 fully saturated rings. The lowest BCUT2D eigenvalue weighted by Crippen LogP contribution is -2.50. The van der Waals surface area contributed by atoms with Crippen LogP contribution >= 0.6 is 0 Å². The molecule has 1 atom stereocenters. The predicted molar refractivity (Wildman–Crippen MR) is 75.5 cm³/mol. The van der Waals surface area contributed by atoms with Crippen molar-refractivity contribution in [2.75, 3.05) is 40.3 Å². The summed E-state index contributed by atoms with van der Waals surface area (Å²) in [6.45, 7) is 16.2. The topological polar surface area (TPSA) is 18.5 Å². The summed E-state index contributed by atoms with van der Waals surface area (Å²) < 4.78 is 0. The first-order chi connectivity index (χ1) is 7.60. The first kappa shape index (κ1) is 14.9. The zero-order valence-electron chi connectivity index (χ0n) is 12.8. The Morgan fingerprint density at radius 3 is 2.35 bits per heavy atom. The summed E-state index contributed by atoms with van der Waals surface area (Å²) in [5, 5.41) is 3.72. The van der Waals surface area contributed by atoms with Crippen LogP contribution in [-0.4, -0.2) is 61.7 Å². The highest BCUT2D eigenvalue weighted by atomic mass is 15.2. The lowest BCUT2D eigenvalue weighted by atomic mass is 9.91. The largest absolute Gasteiger partial charge is 0.311 e. The second-order valence-corrected chi connectivity index (χ2v) is 7.56. The van der Waals surface area contributed by atoms with E-state index in [0.717, 1.165) is 19.6 Å². The fourth-order valence-corrected chi connectivity index (χ4v) is 2.46. The Hall–Kier alpha value is -0.120. The third-order valence-electron chi connectivity index (χ3n) is 3.46. The molecule has 1 heterocycles. The van der Waals surface area contributed by atoms with E-state index in [0.29, 0.717) is 11.5 Å². The van der Waals surface area contributed by atoms with Crippen LogP contribution in [0.1, 0.15) is 34.6 Å². The Morgan fingerprint density at radius 2 is 1.88 bits per heavy atom. The summed E-state index contributed by atoms with van der Waals surface area (Å²) in [4.78, 5) is 4.90. The Kier molecular flexibility index (Phi) is 4.61. The molecule has 3 heteroatoms. The molecular formula is C14H31N3. The third-order valence-corrected chi connectivity index (χ3v) is 3.46. The lowest BCUT2D eigenvalue weighted by molar-refractivity contribution is 0.0953. The number of likely N-dealkylation sites (N-methyl/N-ethyl adjacent to an activating group) is 1. The smallest absolute Gasteiger partial charge is 0.0322 e. The van der Waals surface area contributed by atoms with Crippen LogP contribution < -0.4 is 5.32 Å². The molecule has 0 radical (unpaired) electrons. The summed E-state index contributed by atoms with van der Waals surface area (Å²) in [5.41, 5.74) is 0.613. The van der Waals surface area contributed by atoms with E-state index in [4.69, 9.17) is 0 Å². The van der Waals surface area contributed by atoms with Crippen LogP contribution in [-0.2, 0) is 0 Å². The van der Waals surface area contributed by atoms with Crippen molar-refractivity contribution in [2.45, 2.75) is 46.2 Å². The van der Waals surface area contributed by atoms with Crippen LogP contribution in [0.15, 0.2) is 0 Å². The highest BCUT2D eigenvalue weighted by Gasteiger charge is 2.33. The van der Waals surface area contributed by atoms with Crippen molar-refractivity contribution in [3.8, 4) is 0 Å². The maximum absolute atomic E-state index is 3.72. The summed E-state index contributed by atoms with van der Waals surface area (Å²) >= 11 is 0. The van der Waals surface area contributed by atoms with Crippen molar-refractivity contribution >= 4 is 0 Å². The van der Waals surface area contributed by atoms with Crippen molar-refractivity contribution < 1.29 is 0 Å². The van der Waals surface area contributed by atoms with E-state index in [1.807, 2.05) is 0 Å². The number of nitrogens with one attached hydrogen (secondary N) is 1. The minimum atomic E-state index is 0.258. The zero-order valence-corrected chi connectivity index (χ0v) is 12.8. The summed E-state index contributed by atoms with van der Waals surface area (Å²) in [6.07, 6.45) is 0. The van der Waals surface area contributed by atoms with E-state index in [1.165, 1.54) is 6.54 Å². The van der Waals surface area contributed by atoms with Gasteiger partial charge in [-0.1, -0.05) is 13.8 Å². The molecule has 102 valence electrons. The minimum absolute atomic E-state index is 0.258. The molecule has 0 aliphatic carbocycles. The first-order valence-electron chi connectivity index (χ1n) is 6.73. The van der Waals surface area contributed by atoms with Gasteiger partial charge < -0.3 is 10.2 Å². The lowest BCUT2D eigenvalue weighted by Gasteiger charge is -2.39. The molecule has 0 aromatic heterocycles. The van der Waals surface area contributed by atoms with Gasteiger partial charge in [0.05, 0.1) is 0 Å². The van der Waals surface area contributed by atoms with Crippen LogP contribution in [0.4, 0.5) is 0 Å². The van der Waals surface area contributed by atoms with Gasteiger partial charge in [-0.3, -0.25) is 4.90 Å². The van der Waals surface area contributed by atoms with Crippen LogP contribution in [0, 0.1) is 5.41 Å². The molecule has 0 aromatic rings. The van der Waals surface area contributed by atoms with Crippen LogP contribution in [0.25, 0.3) is 0 Å². The second-order valence-electron chi connectivity index (χ2n) is 7.56. The van der Waals surface area contributed by atoms with Gasteiger partial charge >= 0.3 is 0 Å². The molecule has 1 unspecified atom stereocenters. The highest BCUT2D eigenvalue weighted by Crippen LogP contribution is 2.25. The molecule has 3 nitrogen and oxygen atoms in total. The average molecular weight is 241 g/mol.